The maximum Gasteiger partial charge on any atom is 0.146 e. The lowest BCUT2D eigenvalue weighted by Gasteiger charge is -2.06. The van der Waals surface area contributed by atoms with Crippen LogP contribution < -0.4 is 10.1 Å². The van der Waals surface area contributed by atoms with Gasteiger partial charge in [0.15, 0.2) is 0 Å². The van der Waals surface area contributed by atoms with Crippen LogP contribution in [-0.4, -0.2) is 6.54 Å². The first-order chi connectivity index (χ1) is 9.19. The summed E-state index contributed by atoms with van der Waals surface area (Å²) in [5, 5.41) is 3.83. The highest BCUT2D eigenvalue weighted by Gasteiger charge is 2.06. The van der Waals surface area contributed by atoms with Gasteiger partial charge in [0.05, 0.1) is 11.3 Å². The Balaban J connectivity index is 1.94. The van der Waals surface area contributed by atoms with Gasteiger partial charge in [-0.05, 0) is 30.8 Å². The smallest absolute Gasteiger partial charge is 0.146 e. The highest BCUT2D eigenvalue weighted by Crippen LogP contribution is 2.28. The Morgan fingerprint density at radius 2 is 2.21 bits per heavy atom. The fourth-order valence-electron chi connectivity index (χ4n) is 1.60. The van der Waals surface area contributed by atoms with Gasteiger partial charge in [0, 0.05) is 16.6 Å². The molecule has 0 fully saturated rings. The van der Waals surface area contributed by atoms with Gasteiger partial charge in [-0.1, -0.05) is 34.5 Å². The highest BCUT2D eigenvalue weighted by atomic mass is 79.9. The van der Waals surface area contributed by atoms with Gasteiger partial charge in [-0.3, -0.25) is 0 Å². The predicted octanol–water partition coefficient (Wildman–Crippen LogP) is 4.38. The Hall–Kier alpha value is -0.970. The molecule has 0 amide bonds. The largest absolute Gasteiger partial charge is 0.484 e. The molecule has 0 aliphatic heterocycles. The van der Waals surface area contributed by atoms with Crippen LogP contribution >= 0.6 is 27.5 Å². The Morgan fingerprint density at radius 3 is 3.00 bits per heavy atom. The van der Waals surface area contributed by atoms with Gasteiger partial charge in [0.25, 0.3) is 0 Å². The molecular weight excluding hydrogens is 330 g/mol. The number of nitrogens with one attached hydrogen (secondary N) is 1. The van der Waals surface area contributed by atoms with E-state index in [1.165, 1.54) is 0 Å². The van der Waals surface area contributed by atoms with Gasteiger partial charge in [0.2, 0.25) is 0 Å². The Kier molecular flexibility index (Phi) is 5.31. The summed E-state index contributed by atoms with van der Waals surface area (Å²) in [5.41, 5.74) is 1.11. The Morgan fingerprint density at radius 1 is 1.37 bits per heavy atom. The molecule has 0 atom stereocenters. The lowest BCUT2D eigenvalue weighted by Crippen LogP contribution is -2.10. The van der Waals surface area contributed by atoms with Crippen molar-refractivity contribution in [2.24, 2.45) is 0 Å². The molecule has 0 saturated carbocycles. The minimum absolute atomic E-state index is 0.363. The van der Waals surface area contributed by atoms with E-state index in [4.69, 9.17) is 20.8 Å². The van der Waals surface area contributed by atoms with E-state index in [0.717, 1.165) is 28.9 Å². The van der Waals surface area contributed by atoms with Crippen molar-refractivity contribution in [3.8, 4) is 5.75 Å². The molecule has 102 valence electrons. The normalized spacial score (nSPS) is 10.7. The number of hydrogen-bond donors (Lipinski definition) is 1. The zero-order chi connectivity index (χ0) is 13.7. The molecule has 1 aromatic heterocycles. The third-order valence-electron chi connectivity index (χ3n) is 2.55. The summed E-state index contributed by atoms with van der Waals surface area (Å²) in [5.74, 6) is 1.42. The fourth-order valence-corrected chi connectivity index (χ4v) is 2.11. The summed E-state index contributed by atoms with van der Waals surface area (Å²) in [6.45, 7) is 4.17. The number of halogens is 2. The van der Waals surface area contributed by atoms with Crippen LogP contribution in [0, 0.1) is 0 Å². The molecule has 3 nitrogen and oxygen atoms in total. The predicted molar refractivity (Wildman–Crippen MR) is 79.6 cm³/mol. The number of furan rings is 1. The van der Waals surface area contributed by atoms with Crippen molar-refractivity contribution < 1.29 is 9.15 Å². The molecule has 1 aromatic carbocycles. The van der Waals surface area contributed by atoms with Crippen LogP contribution in [0.3, 0.4) is 0 Å². The number of ether oxygens (including phenoxy) is 1. The van der Waals surface area contributed by atoms with Gasteiger partial charge in [0.1, 0.15) is 18.1 Å². The van der Waals surface area contributed by atoms with Crippen molar-refractivity contribution in [1.82, 2.24) is 5.32 Å². The van der Waals surface area contributed by atoms with Crippen molar-refractivity contribution in [3.05, 3.63) is 51.3 Å². The first-order valence-corrected chi connectivity index (χ1v) is 7.21. The van der Waals surface area contributed by atoms with E-state index in [2.05, 4.69) is 28.2 Å². The average molecular weight is 345 g/mol. The zero-order valence-electron chi connectivity index (χ0n) is 10.6. The van der Waals surface area contributed by atoms with E-state index in [0.29, 0.717) is 17.4 Å². The van der Waals surface area contributed by atoms with Gasteiger partial charge in [-0.15, -0.1) is 0 Å². The summed E-state index contributed by atoms with van der Waals surface area (Å²) in [6, 6.07) is 7.48. The number of rotatable bonds is 6. The van der Waals surface area contributed by atoms with Crippen molar-refractivity contribution in [3.63, 3.8) is 0 Å². The Bertz CT molecular complexity index is 542. The summed E-state index contributed by atoms with van der Waals surface area (Å²) >= 11 is 9.43. The van der Waals surface area contributed by atoms with Crippen molar-refractivity contribution >= 4 is 27.5 Å². The molecule has 5 heteroatoms. The van der Waals surface area contributed by atoms with Crippen LogP contribution in [0.1, 0.15) is 18.2 Å². The number of benzene rings is 1. The summed E-state index contributed by atoms with van der Waals surface area (Å²) in [7, 11) is 0. The van der Waals surface area contributed by atoms with Crippen LogP contribution in [0.5, 0.6) is 5.75 Å². The molecule has 0 aliphatic carbocycles. The van der Waals surface area contributed by atoms with Crippen LogP contribution in [0.15, 0.2) is 39.4 Å². The van der Waals surface area contributed by atoms with Crippen LogP contribution in [0.25, 0.3) is 0 Å². The molecular formula is C14H15BrClNO2. The molecule has 1 N–H and O–H groups in total. The molecule has 0 saturated heterocycles. The molecule has 0 radical (unpaired) electrons. The maximum absolute atomic E-state index is 6.05. The first kappa shape index (κ1) is 14.4. The second-order valence-electron chi connectivity index (χ2n) is 4.07. The van der Waals surface area contributed by atoms with E-state index in [1.807, 2.05) is 18.2 Å². The van der Waals surface area contributed by atoms with Crippen molar-refractivity contribution in [2.75, 3.05) is 6.54 Å². The molecule has 2 aromatic rings. The second kappa shape index (κ2) is 6.98. The van der Waals surface area contributed by atoms with E-state index >= 15 is 0 Å². The molecule has 0 unspecified atom stereocenters. The third kappa shape index (κ3) is 4.27. The van der Waals surface area contributed by atoms with Crippen molar-refractivity contribution in [2.45, 2.75) is 20.1 Å². The van der Waals surface area contributed by atoms with Gasteiger partial charge in [-0.2, -0.15) is 0 Å². The van der Waals surface area contributed by atoms with Gasteiger partial charge >= 0.3 is 0 Å². The standard InChI is InChI=1S/C14H15BrClNO2/c1-2-17-7-10-5-12(18-8-10)9-19-14-6-11(15)3-4-13(14)16/h3-6,8,17H,2,7,9H2,1H3. The van der Waals surface area contributed by atoms with E-state index in [1.54, 1.807) is 12.3 Å². The molecule has 2 rings (SSSR count). The zero-order valence-corrected chi connectivity index (χ0v) is 12.9. The summed E-state index contributed by atoms with van der Waals surface area (Å²) in [4.78, 5) is 0. The molecule has 19 heavy (non-hydrogen) atoms. The highest BCUT2D eigenvalue weighted by molar-refractivity contribution is 9.10. The SMILES string of the molecule is CCNCc1coc(COc2cc(Br)ccc2Cl)c1. The monoisotopic (exact) mass is 343 g/mol. The van der Waals surface area contributed by atoms with E-state index < -0.39 is 0 Å². The van der Waals surface area contributed by atoms with E-state index in [-0.39, 0.29) is 0 Å². The molecule has 0 aliphatic rings. The topological polar surface area (TPSA) is 34.4 Å². The second-order valence-corrected chi connectivity index (χ2v) is 5.39. The summed E-state index contributed by atoms with van der Waals surface area (Å²) in [6.07, 6.45) is 1.74. The Labute approximate surface area is 126 Å². The number of hydrogen-bond acceptors (Lipinski definition) is 3. The first-order valence-electron chi connectivity index (χ1n) is 6.04. The third-order valence-corrected chi connectivity index (χ3v) is 3.36. The van der Waals surface area contributed by atoms with E-state index in [9.17, 15) is 0 Å². The average Bonchev–Trinajstić information content (AvgIpc) is 2.85. The van der Waals surface area contributed by atoms with Crippen LogP contribution in [0.4, 0.5) is 0 Å². The minimum Gasteiger partial charge on any atom is -0.484 e. The molecule has 1 heterocycles. The van der Waals surface area contributed by atoms with Crippen LogP contribution in [-0.2, 0) is 13.2 Å². The minimum atomic E-state index is 0.363. The van der Waals surface area contributed by atoms with Crippen LogP contribution in [0.2, 0.25) is 5.02 Å². The lowest BCUT2D eigenvalue weighted by molar-refractivity contribution is 0.270. The fraction of sp³-hybridized carbons (Fsp3) is 0.286. The summed E-state index contributed by atoms with van der Waals surface area (Å²) < 4.78 is 12.0. The quantitative estimate of drug-likeness (QED) is 0.844. The van der Waals surface area contributed by atoms with Crippen molar-refractivity contribution in [1.29, 1.82) is 0 Å². The maximum atomic E-state index is 6.05. The lowest BCUT2D eigenvalue weighted by atomic mass is 10.3. The molecule has 0 bridgehead atoms. The van der Waals surface area contributed by atoms with Gasteiger partial charge in [-0.25, -0.2) is 0 Å². The van der Waals surface area contributed by atoms with Gasteiger partial charge < -0.3 is 14.5 Å². The molecule has 0 spiro atoms.